The summed E-state index contributed by atoms with van der Waals surface area (Å²) in [5, 5.41) is 18.8. The molecule has 0 bridgehead atoms. The molecule has 20 heteroatoms. The van der Waals surface area contributed by atoms with E-state index in [1.54, 1.807) is 105 Å². The van der Waals surface area contributed by atoms with Crippen LogP contribution < -0.4 is 35.9 Å². The minimum atomic E-state index is -0.880. The van der Waals surface area contributed by atoms with Crippen LogP contribution in [0.1, 0.15) is 76.0 Å². The molecule has 0 aliphatic carbocycles. The standard InChI is InChI=1S/C27H29N3O4.C22H21N3O2.C16H21NO4.C11H10N2O/c1-27(2,3)34-26(32)30-17-23(19-8-5-4-6-9-19)24(18-30)25(31)29-20-11-13-21(14-12-20)33-22-10-7-15-28-16-22;26-22(21-15-24-14-20(21)16-5-2-1-3-6-16)25-17-8-10-18(11-9-17)27-19-7-4-12-23-13-19;1-16(2,3)21-15(20)17-9-12(13(10-17)14(18)19)11-7-5-4-6-8-11;12-9-3-5-10(6-4-9)14-11-2-1-7-13-8-11/h4-16,23-24H,17-18H2,1-3H3,(H,29,31);1-13,20-21,24H,14-15H2,(H,25,26);4-8,12-13H,9-10H2,1-3H3,(H,18,19);1-8H,12H2/t23-,24+;20-,21+;12-,13+;/m000./s1. The van der Waals surface area contributed by atoms with Crippen LogP contribution in [-0.4, -0.2) is 110 Å². The molecule has 20 nitrogen and oxygen atoms in total. The largest absolute Gasteiger partial charge is 0.481 e. The lowest BCUT2D eigenvalue weighted by Gasteiger charge is -2.24. The number of carboxylic acid groups (broad SMARTS) is 1. The summed E-state index contributed by atoms with van der Waals surface area (Å²) in [6, 6.07) is 62.2. The minimum Gasteiger partial charge on any atom is -0.481 e. The molecule has 6 aromatic carbocycles. The van der Waals surface area contributed by atoms with Gasteiger partial charge in [0.25, 0.3) is 0 Å². The van der Waals surface area contributed by atoms with Crippen molar-refractivity contribution in [1.82, 2.24) is 30.1 Å². The Labute approximate surface area is 559 Å². The Morgan fingerprint density at radius 3 is 1.15 bits per heavy atom. The van der Waals surface area contributed by atoms with Gasteiger partial charge in [-0.15, -0.1) is 0 Å². The summed E-state index contributed by atoms with van der Waals surface area (Å²) in [6.45, 7) is 13.7. The van der Waals surface area contributed by atoms with Gasteiger partial charge in [-0.25, -0.2) is 9.59 Å². The van der Waals surface area contributed by atoms with E-state index >= 15 is 0 Å². The molecule has 6 heterocycles. The molecule has 3 fully saturated rings. The van der Waals surface area contributed by atoms with E-state index in [1.807, 2.05) is 166 Å². The summed E-state index contributed by atoms with van der Waals surface area (Å²) in [5.41, 5.74) is 9.68. The van der Waals surface area contributed by atoms with E-state index < -0.39 is 41.2 Å². The Kier molecular flexibility index (Phi) is 23.9. The number of hydrogen-bond acceptors (Lipinski definition) is 15. The van der Waals surface area contributed by atoms with Gasteiger partial charge in [0.1, 0.15) is 45.7 Å². The fourth-order valence-corrected chi connectivity index (χ4v) is 11.0. The molecule has 6 N–H and O–H groups in total. The number of carbonyl (C=O) groups excluding carboxylic acids is 4. The maximum atomic E-state index is 13.3. The Morgan fingerprint density at radius 1 is 0.427 bits per heavy atom. The van der Waals surface area contributed by atoms with E-state index in [0.29, 0.717) is 54.9 Å². The molecule has 3 saturated heterocycles. The average molecular weight is 1300 g/mol. The lowest BCUT2D eigenvalue weighted by atomic mass is 9.88. The molecular formula is C76H81N9O11. The van der Waals surface area contributed by atoms with E-state index in [0.717, 1.165) is 40.5 Å². The van der Waals surface area contributed by atoms with Crippen molar-refractivity contribution in [3.63, 3.8) is 0 Å². The van der Waals surface area contributed by atoms with Crippen molar-refractivity contribution in [2.24, 2.45) is 17.8 Å². The Bertz CT molecular complexity index is 3910. The summed E-state index contributed by atoms with van der Waals surface area (Å²) in [5.74, 6) is 1.94. The van der Waals surface area contributed by atoms with Crippen LogP contribution in [0, 0.1) is 17.8 Å². The number of rotatable bonds is 14. The van der Waals surface area contributed by atoms with Gasteiger partial charge in [0.15, 0.2) is 0 Å². The third-order valence-electron chi connectivity index (χ3n) is 15.6. The number of aromatic nitrogens is 3. The summed E-state index contributed by atoms with van der Waals surface area (Å²) in [4.78, 5) is 77.5. The molecule has 9 aromatic rings. The monoisotopic (exact) mass is 1300 g/mol. The quantitative estimate of drug-likeness (QED) is 0.0634. The summed E-state index contributed by atoms with van der Waals surface area (Å²) < 4.78 is 27.9. The maximum Gasteiger partial charge on any atom is 0.410 e. The van der Waals surface area contributed by atoms with Crippen molar-refractivity contribution in [1.29, 1.82) is 0 Å². The van der Waals surface area contributed by atoms with Crippen LogP contribution in [-0.2, 0) is 23.9 Å². The van der Waals surface area contributed by atoms with Crippen molar-refractivity contribution >= 4 is 47.0 Å². The van der Waals surface area contributed by atoms with Gasteiger partial charge in [-0.1, -0.05) is 91.0 Å². The predicted molar refractivity (Wildman–Crippen MR) is 368 cm³/mol. The fourth-order valence-electron chi connectivity index (χ4n) is 11.0. The Morgan fingerprint density at radius 2 is 0.781 bits per heavy atom. The number of hydrogen-bond donors (Lipinski definition) is 5. The smallest absolute Gasteiger partial charge is 0.410 e. The number of amides is 4. The second kappa shape index (κ2) is 33.1. The van der Waals surface area contributed by atoms with Crippen LogP contribution >= 0.6 is 0 Å². The normalized spacial score (nSPS) is 17.9. The molecule has 0 unspecified atom stereocenters. The van der Waals surface area contributed by atoms with Crippen LogP contribution in [0.15, 0.2) is 237 Å². The zero-order chi connectivity index (χ0) is 68.0. The zero-order valence-electron chi connectivity index (χ0n) is 54.6. The van der Waals surface area contributed by atoms with Gasteiger partial charge in [0.05, 0.1) is 36.3 Å². The maximum absolute atomic E-state index is 13.3. The van der Waals surface area contributed by atoms with Crippen LogP contribution in [0.25, 0.3) is 0 Å². The van der Waals surface area contributed by atoms with E-state index in [9.17, 15) is 29.1 Å². The number of pyridine rings is 3. The van der Waals surface area contributed by atoms with E-state index in [1.165, 1.54) is 10.5 Å². The van der Waals surface area contributed by atoms with Gasteiger partial charge in [-0.2, -0.15) is 0 Å². The highest BCUT2D eigenvalue weighted by Gasteiger charge is 2.43. The number of carbonyl (C=O) groups is 5. The van der Waals surface area contributed by atoms with Crippen molar-refractivity contribution in [3.8, 4) is 34.5 Å². The van der Waals surface area contributed by atoms with E-state index in [4.69, 9.17) is 29.4 Å². The molecule has 3 aromatic heterocycles. The second-order valence-corrected chi connectivity index (χ2v) is 25.1. The molecule has 0 spiro atoms. The molecule has 96 heavy (non-hydrogen) atoms. The Balaban J connectivity index is 0.000000157. The number of anilines is 3. The number of nitrogens with zero attached hydrogens (tertiary/aromatic N) is 5. The third-order valence-corrected chi connectivity index (χ3v) is 15.6. The fraction of sp³-hybridized carbons (Fsp3) is 0.263. The first-order valence-corrected chi connectivity index (χ1v) is 31.7. The molecule has 6 atom stereocenters. The number of carboxylic acids is 1. The van der Waals surface area contributed by atoms with Crippen LogP contribution in [0.4, 0.5) is 26.7 Å². The SMILES string of the molecule is CC(C)(C)OC(=O)N1C[C@@H](C(=O)Nc2ccc(Oc3cccnc3)cc2)[C@H](c2ccccc2)C1.CC(C)(C)OC(=O)N1C[C@@H](C(=O)O)[C@H](c2ccccc2)C1.Nc1ccc(Oc2cccnc2)cc1.O=C(Nc1ccc(Oc2cccnc2)cc1)[C@@H]1CNC[C@H]1c1ccccc1. The minimum absolute atomic E-state index is 0.0368. The Hall–Kier alpha value is -11.1. The molecule has 3 aliphatic heterocycles. The first kappa shape index (κ1) is 69.2. The number of ether oxygens (including phenoxy) is 5. The van der Waals surface area contributed by atoms with Gasteiger partial charge in [0, 0.05) is 92.7 Å². The van der Waals surface area contributed by atoms with Gasteiger partial charge >= 0.3 is 18.2 Å². The highest BCUT2D eigenvalue weighted by Crippen LogP contribution is 2.37. The van der Waals surface area contributed by atoms with Crippen LogP contribution in [0.2, 0.25) is 0 Å². The lowest BCUT2D eigenvalue weighted by Crippen LogP contribution is -2.36. The lowest BCUT2D eigenvalue weighted by molar-refractivity contribution is -0.141. The molecule has 4 amide bonds. The van der Waals surface area contributed by atoms with Crippen molar-refractivity contribution in [2.45, 2.75) is 70.5 Å². The number of likely N-dealkylation sites (tertiary alicyclic amines) is 2. The molecule has 3 aliphatic rings. The zero-order valence-corrected chi connectivity index (χ0v) is 54.6. The topological polar surface area (TPSA) is 259 Å². The highest BCUT2D eigenvalue weighted by molar-refractivity contribution is 5.95. The average Bonchev–Trinajstić information content (AvgIpc) is 1.69. The van der Waals surface area contributed by atoms with Gasteiger partial charge in [-0.05, 0) is 167 Å². The van der Waals surface area contributed by atoms with Gasteiger partial charge in [-0.3, -0.25) is 29.3 Å². The van der Waals surface area contributed by atoms with E-state index in [2.05, 4.69) is 43.0 Å². The molecule has 496 valence electrons. The number of nitrogen functional groups attached to an aromatic ring is 1. The first-order valence-electron chi connectivity index (χ1n) is 31.7. The van der Waals surface area contributed by atoms with E-state index in [-0.39, 0.29) is 42.0 Å². The van der Waals surface area contributed by atoms with Crippen molar-refractivity contribution in [2.75, 3.05) is 55.6 Å². The number of nitrogens with two attached hydrogens (primary N) is 1. The highest BCUT2D eigenvalue weighted by atomic mass is 16.6. The number of benzene rings is 6. The molecule has 0 saturated carbocycles. The number of aliphatic carboxylic acids is 1. The van der Waals surface area contributed by atoms with Crippen molar-refractivity contribution in [3.05, 3.63) is 254 Å². The van der Waals surface area contributed by atoms with Crippen molar-refractivity contribution < 1.29 is 52.8 Å². The second-order valence-electron chi connectivity index (χ2n) is 25.1. The molecular weight excluding hydrogens is 1210 g/mol. The summed E-state index contributed by atoms with van der Waals surface area (Å²) >= 11 is 0. The van der Waals surface area contributed by atoms with Gasteiger partial charge in [0.2, 0.25) is 11.8 Å². The van der Waals surface area contributed by atoms with Crippen LogP contribution in [0.5, 0.6) is 34.5 Å². The summed E-state index contributed by atoms with van der Waals surface area (Å²) in [7, 11) is 0. The third kappa shape index (κ3) is 20.9. The molecule has 12 rings (SSSR count). The van der Waals surface area contributed by atoms with Gasteiger partial charge < -0.3 is 60.3 Å². The first-order chi connectivity index (χ1) is 46.2. The molecule has 0 radical (unpaired) electrons. The predicted octanol–water partition coefficient (Wildman–Crippen LogP) is 14.5. The number of nitrogens with one attached hydrogen (secondary N) is 3. The van der Waals surface area contributed by atoms with Crippen LogP contribution in [0.3, 0.4) is 0 Å². The summed E-state index contributed by atoms with van der Waals surface area (Å²) in [6.07, 6.45) is 9.19.